The highest BCUT2D eigenvalue weighted by molar-refractivity contribution is 6.35. The highest BCUT2D eigenvalue weighted by Gasteiger charge is 2.09. The van der Waals surface area contributed by atoms with Gasteiger partial charge in [0.25, 0.3) is 0 Å². The first-order chi connectivity index (χ1) is 7.76. The molecule has 0 saturated heterocycles. The summed E-state index contributed by atoms with van der Waals surface area (Å²) in [5.41, 5.74) is 6.19. The molecule has 2 aromatic rings. The number of hydrogen-bond acceptors (Lipinski definition) is 4. The number of aromatic nitrogens is 2. The quantitative estimate of drug-likeness (QED) is 0.884. The molecular weight excluding hydrogens is 226 g/mol. The SMILES string of the molecule is COc1nc(CCN)nc2c(Cl)cccc12. The number of rotatable bonds is 3. The Balaban J connectivity index is 2.69. The molecule has 1 aromatic carbocycles. The third-order valence-corrected chi connectivity index (χ3v) is 2.55. The predicted molar refractivity (Wildman–Crippen MR) is 63.9 cm³/mol. The fraction of sp³-hybridized carbons (Fsp3) is 0.273. The maximum Gasteiger partial charge on any atom is 0.224 e. The maximum atomic E-state index is 6.08. The minimum Gasteiger partial charge on any atom is -0.480 e. The van der Waals surface area contributed by atoms with Gasteiger partial charge in [0.15, 0.2) is 0 Å². The first-order valence-electron chi connectivity index (χ1n) is 4.95. The molecule has 4 nitrogen and oxygen atoms in total. The lowest BCUT2D eigenvalue weighted by Crippen LogP contribution is -2.07. The Labute approximate surface area is 98.4 Å². The van der Waals surface area contributed by atoms with Crippen molar-refractivity contribution in [2.24, 2.45) is 5.73 Å². The van der Waals surface area contributed by atoms with Crippen LogP contribution in [0.4, 0.5) is 0 Å². The van der Waals surface area contributed by atoms with Gasteiger partial charge >= 0.3 is 0 Å². The summed E-state index contributed by atoms with van der Waals surface area (Å²) in [5, 5.41) is 1.41. The molecule has 84 valence electrons. The van der Waals surface area contributed by atoms with Gasteiger partial charge in [0.1, 0.15) is 5.82 Å². The van der Waals surface area contributed by atoms with Crippen LogP contribution in [0.2, 0.25) is 5.02 Å². The highest BCUT2D eigenvalue weighted by atomic mass is 35.5. The van der Waals surface area contributed by atoms with Gasteiger partial charge in [-0.2, -0.15) is 4.98 Å². The Morgan fingerprint density at radius 1 is 1.38 bits per heavy atom. The van der Waals surface area contributed by atoms with Crippen molar-refractivity contribution in [3.05, 3.63) is 29.0 Å². The molecule has 1 heterocycles. The van der Waals surface area contributed by atoms with Gasteiger partial charge in [-0.05, 0) is 18.7 Å². The first kappa shape index (κ1) is 11.1. The van der Waals surface area contributed by atoms with E-state index in [2.05, 4.69) is 9.97 Å². The molecule has 0 atom stereocenters. The maximum absolute atomic E-state index is 6.08. The van der Waals surface area contributed by atoms with Gasteiger partial charge in [0, 0.05) is 6.42 Å². The van der Waals surface area contributed by atoms with E-state index in [4.69, 9.17) is 22.1 Å². The van der Waals surface area contributed by atoms with Crippen molar-refractivity contribution in [2.45, 2.75) is 6.42 Å². The van der Waals surface area contributed by atoms with Gasteiger partial charge in [-0.3, -0.25) is 0 Å². The lowest BCUT2D eigenvalue weighted by Gasteiger charge is -2.07. The van der Waals surface area contributed by atoms with E-state index < -0.39 is 0 Å². The van der Waals surface area contributed by atoms with Crippen LogP contribution in [0, 0.1) is 0 Å². The number of nitrogens with zero attached hydrogens (tertiary/aromatic N) is 2. The minimum absolute atomic E-state index is 0.499. The molecule has 16 heavy (non-hydrogen) atoms. The molecule has 1 aromatic heterocycles. The number of methoxy groups -OCH3 is 1. The zero-order valence-corrected chi connectivity index (χ0v) is 9.66. The molecular formula is C11H12ClN3O. The molecule has 0 radical (unpaired) electrons. The molecule has 0 amide bonds. The van der Waals surface area contributed by atoms with E-state index >= 15 is 0 Å². The summed E-state index contributed by atoms with van der Waals surface area (Å²) in [6.07, 6.45) is 0.609. The summed E-state index contributed by atoms with van der Waals surface area (Å²) in [6.45, 7) is 0.499. The van der Waals surface area contributed by atoms with Crippen molar-refractivity contribution in [1.82, 2.24) is 9.97 Å². The lowest BCUT2D eigenvalue weighted by molar-refractivity contribution is 0.400. The molecule has 0 fully saturated rings. The van der Waals surface area contributed by atoms with Crippen molar-refractivity contribution < 1.29 is 4.74 Å². The third-order valence-electron chi connectivity index (χ3n) is 2.25. The van der Waals surface area contributed by atoms with Gasteiger partial charge < -0.3 is 10.5 Å². The van der Waals surface area contributed by atoms with Gasteiger partial charge in [-0.25, -0.2) is 4.98 Å². The summed E-state index contributed by atoms with van der Waals surface area (Å²) in [6, 6.07) is 5.52. The zero-order valence-electron chi connectivity index (χ0n) is 8.90. The number of halogens is 1. The number of ether oxygens (including phenoxy) is 1. The van der Waals surface area contributed by atoms with Crippen molar-refractivity contribution in [3.63, 3.8) is 0 Å². The Morgan fingerprint density at radius 3 is 2.88 bits per heavy atom. The van der Waals surface area contributed by atoms with Crippen LogP contribution in [0.1, 0.15) is 5.82 Å². The summed E-state index contributed by atoms with van der Waals surface area (Å²) in [5.74, 6) is 1.19. The topological polar surface area (TPSA) is 61.0 Å². The minimum atomic E-state index is 0.499. The number of fused-ring (bicyclic) bond motifs is 1. The van der Waals surface area contributed by atoms with Crippen LogP contribution in [0.5, 0.6) is 5.88 Å². The highest BCUT2D eigenvalue weighted by Crippen LogP contribution is 2.27. The average Bonchev–Trinajstić information content (AvgIpc) is 2.30. The molecule has 0 unspecified atom stereocenters. The normalized spacial score (nSPS) is 10.7. The zero-order chi connectivity index (χ0) is 11.5. The van der Waals surface area contributed by atoms with Crippen LogP contribution < -0.4 is 10.5 Å². The summed E-state index contributed by atoms with van der Waals surface area (Å²) in [4.78, 5) is 8.65. The molecule has 0 aliphatic carbocycles. The molecule has 0 aliphatic rings. The second-order valence-electron chi connectivity index (χ2n) is 3.32. The van der Waals surface area contributed by atoms with E-state index in [-0.39, 0.29) is 0 Å². The summed E-state index contributed by atoms with van der Waals surface area (Å²) >= 11 is 6.08. The molecule has 0 saturated carbocycles. The number of nitrogens with two attached hydrogens (primary N) is 1. The Hall–Kier alpha value is -1.39. The van der Waals surface area contributed by atoms with Crippen LogP contribution in [-0.4, -0.2) is 23.6 Å². The van der Waals surface area contributed by atoms with Crippen LogP contribution in [0.3, 0.4) is 0 Å². The van der Waals surface area contributed by atoms with Gasteiger partial charge in [0.2, 0.25) is 5.88 Å². The van der Waals surface area contributed by atoms with E-state index in [1.54, 1.807) is 13.2 Å². The fourth-order valence-corrected chi connectivity index (χ4v) is 1.75. The lowest BCUT2D eigenvalue weighted by atomic mass is 10.2. The Morgan fingerprint density at radius 2 is 2.19 bits per heavy atom. The molecule has 2 rings (SSSR count). The number of para-hydroxylation sites is 1. The number of benzene rings is 1. The second-order valence-corrected chi connectivity index (χ2v) is 3.73. The van der Waals surface area contributed by atoms with Crippen LogP contribution in [0.15, 0.2) is 18.2 Å². The van der Waals surface area contributed by atoms with E-state index in [9.17, 15) is 0 Å². The largest absolute Gasteiger partial charge is 0.480 e. The van der Waals surface area contributed by atoms with Gasteiger partial charge in [-0.1, -0.05) is 17.7 Å². The molecule has 5 heteroatoms. The average molecular weight is 238 g/mol. The van der Waals surface area contributed by atoms with Crippen LogP contribution >= 0.6 is 11.6 Å². The van der Waals surface area contributed by atoms with Gasteiger partial charge in [-0.15, -0.1) is 0 Å². The van der Waals surface area contributed by atoms with Crippen molar-refractivity contribution in [1.29, 1.82) is 0 Å². The Kier molecular flexibility index (Phi) is 3.22. The predicted octanol–water partition coefficient (Wildman–Crippen LogP) is 1.79. The molecule has 0 aliphatic heterocycles. The Bertz CT molecular complexity index is 516. The van der Waals surface area contributed by atoms with Crippen molar-refractivity contribution in [2.75, 3.05) is 13.7 Å². The first-order valence-corrected chi connectivity index (χ1v) is 5.33. The smallest absolute Gasteiger partial charge is 0.224 e. The number of hydrogen-bond donors (Lipinski definition) is 1. The molecule has 0 spiro atoms. The molecule has 2 N–H and O–H groups in total. The van der Waals surface area contributed by atoms with Crippen LogP contribution in [0.25, 0.3) is 10.9 Å². The third kappa shape index (κ3) is 1.94. The van der Waals surface area contributed by atoms with Crippen LogP contribution in [-0.2, 0) is 6.42 Å². The molecule has 0 bridgehead atoms. The van der Waals surface area contributed by atoms with E-state index in [0.717, 1.165) is 5.39 Å². The summed E-state index contributed by atoms with van der Waals surface area (Å²) in [7, 11) is 1.58. The standard InChI is InChI=1S/C11H12ClN3O/c1-16-11-7-3-2-4-8(12)10(7)14-9(15-11)5-6-13/h2-4H,5-6,13H2,1H3. The van der Waals surface area contributed by atoms with Crippen molar-refractivity contribution in [3.8, 4) is 5.88 Å². The van der Waals surface area contributed by atoms with E-state index in [1.807, 2.05) is 12.1 Å². The second kappa shape index (κ2) is 4.63. The van der Waals surface area contributed by atoms with Gasteiger partial charge in [0.05, 0.1) is 23.0 Å². The van der Waals surface area contributed by atoms with E-state index in [0.29, 0.717) is 35.2 Å². The van der Waals surface area contributed by atoms with Crippen molar-refractivity contribution >= 4 is 22.5 Å². The van der Waals surface area contributed by atoms with E-state index in [1.165, 1.54) is 0 Å². The fourth-order valence-electron chi connectivity index (χ4n) is 1.53. The monoisotopic (exact) mass is 237 g/mol. The summed E-state index contributed by atoms with van der Waals surface area (Å²) < 4.78 is 5.22.